The molecule has 1 rings (SSSR count). The van der Waals surface area contributed by atoms with E-state index in [1.165, 1.54) is 24.3 Å². The van der Waals surface area contributed by atoms with E-state index in [0.29, 0.717) is 24.8 Å². The van der Waals surface area contributed by atoms with Crippen molar-refractivity contribution < 1.29 is 21.9 Å². The van der Waals surface area contributed by atoms with Crippen molar-refractivity contribution in [1.29, 1.82) is 0 Å². The molecule has 0 spiro atoms. The van der Waals surface area contributed by atoms with Crippen molar-refractivity contribution >= 4 is 15.5 Å². The van der Waals surface area contributed by atoms with E-state index in [-0.39, 0.29) is 10.9 Å². The quantitative estimate of drug-likeness (QED) is 0.799. The first-order chi connectivity index (χ1) is 9.78. The summed E-state index contributed by atoms with van der Waals surface area (Å²) in [5, 5.41) is 3.21. The van der Waals surface area contributed by atoms with Crippen LogP contribution in [0.3, 0.4) is 0 Å². The number of hydrogen-bond donors (Lipinski definition) is 1. The molecule has 1 unspecified atom stereocenters. The van der Waals surface area contributed by atoms with Gasteiger partial charge < -0.3 is 10.1 Å². The molecule has 0 aliphatic carbocycles. The minimum absolute atomic E-state index is 0.0579. The molecule has 1 atom stereocenters. The lowest BCUT2D eigenvalue weighted by Gasteiger charge is -2.23. The number of rotatable bonds is 8. The molecule has 0 amide bonds. The Hall–Kier alpha value is -1.21. The SMILES string of the molecule is CCOCC(Nc1ccc(S(=O)(=O)C(F)F)cc1)C(C)C. The van der Waals surface area contributed by atoms with Crippen molar-refractivity contribution in [2.24, 2.45) is 5.92 Å². The number of alkyl halides is 2. The average molecular weight is 321 g/mol. The number of nitrogens with one attached hydrogen (secondary N) is 1. The molecule has 1 aromatic rings. The van der Waals surface area contributed by atoms with Crippen molar-refractivity contribution in [3.05, 3.63) is 24.3 Å². The van der Waals surface area contributed by atoms with Gasteiger partial charge in [-0.2, -0.15) is 8.78 Å². The van der Waals surface area contributed by atoms with Crippen LogP contribution in [0.5, 0.6) is 0 Å². The summed E-state index contributed by atoms with van der Waals surface area (Å²) in [6.45, 7) is 7.10. The van der Waals surface area contributed by atoms with Crippen molar-refractivity contribution in [2.75, 3.05) is 18.5 Å². The monoisotopic (exact) mass is 321 g/mol. The molecule has 21 heavy (non-hydrogen) atoms. The highest BCUT2D eigenvalue weighted by atomic mass is 32.2. The maximum Gasteiger partial charge on any atom is 0.341 e. The highest BCUT2D eigenvalue weighted by molar-refractivity contribution is 7.91. The molecule has 0 aromatic heterocycles. The van der Waals surface area contributed by atoms with E-state index in [4.69, 9.17) is 4.74 Å². The summed E-state index contributed by atoms with van der Waals surface area (Å²) in [4.78, 5) is -0.381. The zero-order chi connectivity index (χ0) is 16.0. The van der Waals surface area contributed by atoms with Gasteiger partial charge in [0.2, 0.25) is 9.84 Å². The lowest BCUT2D eigenvalue weighted by Crippen LogP contribution is -2.30. The van der Waals surface area contributed by atoms with Gasteiger partial charge in [0.05, 0.1) is 17.5 Å². The summed E-state index contributed by atoms with van der Waals surface area (Å²) in [7, 11) is -4.54. The van der Waals surface area contributed by atoms with Crippen molar-refractivity contribution in [3.8, 4) is 0 Å². The molecule has 0 fully saturated rings. The van der Waals surface area contributed by atoms with Crippen LogP contribution in [0.2, 0.25) is 0 Å². The zero-order valence-corrected chi connectivity index (χ0v) is 13.2. The van der Waals surface area contributed by atoms with Gasteiger partial charge in [-0.15, -0.1) is 0 Å². The predicted molar refractivity (Wildman–Crippen MR) is 78.4 cm³/mol. The largest absolute Gasteiger partial charge is 0.380 e. The van der Waals surface area contributed by atoms with Crippen LogP contribution in [-0.2, 0) is 14.6 Å². The lowest BCUT2D eigenvalue weighted by atomic mass is 10.1. The molecule has 0 heterocycles. The highest BCUT2D eigenvalue weighted by Gasteiger charge is 2.26. The van der Waals surface area contributed by atoms with E-state index < -0.39 is 15.6 Å². The summed E-state index contributed by atoms with van der Waals surface area (Å²) in [5.41, 5.74) is 0.668. The van der Waals surface area contributed by atoms with Gasteiger partial charge in [-0.05, 0) is 37.1 Å². The van der Waals surface area contributed by atoms with Crippen LogP contribution >= 0.6 is 0 Å². The topological polar surface area (TPSA) is 55.4 Å². The number of anilines is 1. The van der Waals surface area contributed by atoms with Gasteiger partial charge >= 0.3 is 5.76 Å². The van der Waals surface area contributed by atoms with Gasteiger partial charge in [0.15, 0.2) is 0 Å². The summed E-state index contributed by atoms with van der Waals surface area (Å²) < 4.78 is 52.9. The smallest absolute Gasteiger partial charge is 0.341 e. The molecule has 0 radical (unpaired) electrons. The maximum absolute atomic E-state index is 12.4. The van der Waals surface area contributed by atoms with Gasteiger partial charge in [-0.3, -0.25) is 0 Å². The Morgan fingerprint density at radius 2 is 1.76 bits per heavy atom. The van der Waals surface area contributed by atoms with Crippen LogP contribution < -0.4 is 5.32 Å². The number of halogens is 2. The number of hydrogen-bond acceptors (Lipinski definition) is 4. The van der Waals surface area contributed by atoms with E-state index in [1.807, 2.05) is 20.8 Å². The molecule has 0 aliphatic heterocycles. The fraction of sp³-hybridized carbons (Fsp3) is 0.571. The third kappa shape index (κ3) is 4.93. The van der Waals surface area contributed by atoms with Gasteiger partial charge in [0.1, 0.15) is 0 Å². The molecular formula is C14H21F2NO3S. The molecule has 1 N–H and O–H groups in total. The molecule has 7 heteroatoms. The molecular weight excluding hydrogens is 300 g/mol. The van der Waals surface area contributed by atoms with E-state index >= 15 is 0 Å². The first-order valence-electron chi connectivity index (χ1n) is 6.75. The molecule has 0 saturated carbocycles. The van der Waals surface area contributed by atoms with Crippen molar-refractivity contribution in [1.82, 2.24) is 0 Å². The van der Waals surface area contributed by atoms with Crippen LogP contribution in [0.25, 0.3) is 0 Å². The fourth-order valence-electron chi connectivity index (χ4n) is 1.70. The maximum atomic E-state index is 12.4. The van der Waals surface area contributed by atoms with E-state index in [1.54, 1.807) is 0 Å². The molecule has 1 aromatic carbocycles. The molecule has 4 nitrogen and oxygen atoms in total. The van der Waals surface area contributed by atoms with Crippen LogP contribution in [0.4, 0.5) is 14.5 Å². The summed E-state index contributed by atoms with van der Waals surface area (Å²) in [5.74, 6) is -3.10. The Bertz CT molecular complexity index is 530. The first-order valence-corrected chi connectivity index (χ1v) is 8.30. The van der Waals surface area contributed by atoms with Gasteiger partial charge in [0.25, 0.3) is 0 Å². The Morgan fingerprint density at radius 3 is 2.19 bits per heavy atom. The second kappa shape index (κ2) is 7.70. The van der Waals surface area contributed by atoms with Crippen molar-refractivity contribution in [3.63, 3.8) is 0 Å². The van der Waals surface area contributed by atoms with E-state index in [0.717, 1.165) is 0 Å². The average Bonchev–Trinajstić information content (AvgIpc) is 2.43. The van der Waals surface area contributed by atoms with Crippen LogP contribution in [-0.4, -0.2) is 33.4 Å². The summed E-state index contributed by atoms with van der Waals surface area (Å²) >= 11 is 0. The Kier molecular flexibility index (Phi) is 6.54. The highest BCUT2D eigenvalue weighted by Crippen LogP contribution is 2.21. The summed E-state index contributed by atoms with van der Waals surface area (Å²) in [6.07, 6.45) is 0. The van der Waals surface area contributed by atoms with Crippen LogP contribution in [0.1, 0.15) is 20.8 Å². The van der Waals surface area contributed by atoms with E-state index in [9.17, 15) is 17.2 Å². The normalized spacial score (nSPS) is 13.7. The second-order valence-electron chi connectivity index (χ2n) is 4.98. The number of ether oxygens (including phenoxy) is 1. The predicted octanol–water partition coefficient (Wildman–Crippen LogP) is 3.16. The Morgan fingerprint density at radius 1 is 1.19 bits per heavy atom. The molecule has 120 valence electrons. The zero-order valence-electron chi connectivity index (χ0n) is 12.3. The first kappa shape index (κ1) is 17.8. The number of benzene rings is 1. The third-order valence-corrected chi connectivity index (χ3v) is 4.47. The Labute approximate surface area is 124 Å². The standard InChI is InChI=1S/C14H21F2NO3S/c1-4-20-9-13(10(2)3)17-11-5-7-12(8-6-11)21(18,19)14(15)16/h5-8,10,13-14,17H,4,9H2,1-3H3. The van der Waals surface area contributed by atoms with Gasteiger partial charge in [0, 0.05) is 12.3 Å². The van der Waals surface area contributed by atoms with Crippen LogP contribution in [0.15, 0.2) is 29.2 Å². The Balaban J connectivity index is 2.82. The van der Waals surface area contributed by atoms with Crippen LogP contribution in [0, 0.1) is 5.92 Å². The van der Waals surface area contributed by atoms with Crippen molar-refractivity contribution in [2.45, 2.75) is 37.5 Å². The third-order valence-electron chi connectivity index (χ3n) is 3.08. The van der Waals surface area contributed by atoms with Gasteiger partial charge in [-0.1, -0.05) is 13.8 Å². The lowest BCUT2D eigenvalue weighted by molar-refractivity contribution is 0.127. The second-order valence-corrected chi connectivity index (χ2v) is 6.90. The molecule has 0 bridgehead atoms. The fourth-order valence-corrected chi connectivity index (χ4v) is 2.42. The molecule has 0 aliphatic rings. The minimum atomic E-state index is -4.54. The van der Waals surface area contributed by atoms with Gasteiger partial charge in [-0.25, -0.2) is 8.42 Å². The number of sulfone groups is 1. The summed E-state index contributed by atoms with van der Waals surface area (Å²) in [6, 6.07) is 5.39. The van der Waals surface area contributed by atoms with E-state index in [2.05, 4.69) is 5.32 Å². The molecule has 0 saturated heterocycles. The minimum Gasteiger partial charge on any atom is -0.380 e.